The van der Waals surface area contributed by atoms with Gasteiger partial charge in [0.05, 0.1) is 16.1 Å². The van der Waals surface area contributed by atoms with Gasteiger partial charge in [0.2, 0.25) is 5.91 Å². The summed E-state index contributed by atoms with van der Waals surface area (Å²) in [5.41, 5.74) is 0.309. The Labute approximate surface area is 158 Å². The summed E-state index contributed by atoms with van der Waals surface area (Å²) in [5.74, 6) is -0.351. The standard InChI is InChI=1S/C17H20BrN3O3S/c1-17(2,3)24-16(23)21-7-6-10(9-21)14(22)20-15-19-12-8-11(18)4-5-13(12)25-15/h4-5,8,10H,6-7,9H2,1-3H3,(H,19,20,22)/t10-/m1/s1. The topological polar surface area (TPSA) is 71.5 Å². The number of aromatic nitrogens is 1. The number of halogens is 1. The van der Waals surface area contributed by atoms with E-state index < -0.39 is 5.60 Å². The highest BCUT2D eigenvalue weighted by atomic mass is 79.9. The Hall–Kier alpha value is -1.67. The molecule has 25 heavy (non-hydrogen) atoms. The average Bonchev–Trinajstić information content (AvgIpc) is 3.11. The van der Waals surface area contributed by atoms with Crippen molar-refractivity contribution in [3.63, 3.8) is 0 Å². The first-order valence-corrected chi connectivity index (χ1v) is 9.67. The summed E-state index contributed by atoms with van der Waals surface area (Å²) in [5, 5.41) is 3.45. The first kappa shape index (κ1) is 18.1. The lowest BCUT2D eigenvalue weighted by Gasteiger charge is -2.24. The highest BCUT2D eigenvalue weighted by Gasteiger charge is 2.33. The van der Waals surface area contributed by atoms with Crippen molar-refractivity contribution in [1.29, 1.82) is 0 Å². The van der Waals surface area contributed by atoms with Crippen LogP contribution in [0.3, 0.4) is 0 Å². The van der Waals surface area contributed by atoms with Crippen LogP contribution in [0.5, 0.6) is 0 Å². The SMILES string of the molecule is CC(C)(C)OC(=O)N1CC[C@@H](C(=O)Nc2nc3cc(Br)ccc3s2)C1. The number of carbonyl (C=O) groups excluding carboxylic acids is 2. The normalized spacial score (nSPS) is 17.8. The molecule has 6 nitrogen and oxygen atoms in total. The number of nitrogens with zero attached hydrogens (tertiary/aromatic N) is 2. The minimum atomic E-state index is -0.535. The van der Waals surface area contributed by atoms with Gasteiger partial charge < -0.3 is 15.0 Å². The molecule has 2 aromatic rings. The Morgan fingerprint density at radius 1 is 1.40 bits per heavy atom. The Balaban J connectivity index is 1.61. The van der Waals surface area contributed by atoms with Crippen LogP contribution in [-0.2, 0) is 9.53 Å². The molecule has 2 amide bonds. The molecule has 0 spiro atoms. The number of ether oxygens (including phenoxy) is 1. The van der Waals surface area contributed by atoms with Gasteiger partial charge >= 0.3 is 6.09 Å². The Bertz CT molecular complexity index is 815. The van der Waals surface area contributed by atoms with E-state index in [1.165, 1.54) is 11.3 Å². The third kappa shape index (κ3) is 4.49. The highest BCUT2D eigenvalue weighted by molar-refractivity contribution is 9.10. The molecule has 0 radical (unpaired) electrons. The molecule has 0 bridgehead atoms. The van der Waals surface area contributed by atoms with E-state index in [1.807, 2.05) is 39.0 Å². The molecule has 1 saturated heterocycles. The van der Waals surface area contributed by atoms with Crippen molar-refractivity contribution in [2.75, 3.05) is 18.4 Å². The maximum Gasteiger partial charge on any atom is 0.410 e. The van der Waals surface area contributed by atoms with Crippen LogP contribution in [0.25, 0.3) is 10.2 Å². The van der Waals surface area contributed by atoms with Crippen LogP contribution in [0.15, 0.2) is 22.7 Å². The fourth-order valence-corrected chi connectivity index (χ4v) is 3.83. The molecule has 0 aliphatic carbocycles. The third-order valence-corrected chi connectivity index (χ3v) is 5.24. The quantitative estimate of drug-likeness (QED) is 0.779. The van der Waals surface area contributed by atoms with Crippen LogP contribution < -0.4 is 5.32 Å². The monoisotopic (exact) mass is 425 g/mol. The average molecular weight is 426 g/mol. The van der Waals surface area contributed by atoms with Crippen molar-refractivity contribution in [3.8, 4) is 0 Å². The number of anilines is 1. The van der Waals surface area contributed by atoms with Gasteiger partial charge in [-0.3, -0.25) is 4.79 Å². The van der Waals surface area contributed by atoms with E-state index in [1.54, 1.807) is 4.90 Å². The van der Waals surface area contributed by atoms with Crippen LogP contribution in [0.1, 0.15) is 27.2 Å². The molecule has 8 heteroatoms. The van der Waals surface area contributed by atoms with Gasteiger partial charge in [-0.15, -0.1) is 0 Å². The van der Waals surface area contributed by atoms with Gasteiger partial charge in [-0.2, -0.15) is 0 Å². The van der Waals surface area contributed by atoms with E-state index in [0.29, 0.717) is 24.6 Å². The fourth-order valence-electron chi connectivity index (χ4n) is 2.63. The van der Waals surface area contributed by atoms with Crippen LogP contribution in [0.4, 0.5) is 9.93 Å². The molecule has 1 aromatic heterocycles. The number of fused-ring (bicyclic) bond motifs is 1. The second-order valence-corrected chi connectivity index (χ2v) is 8.98. The number of carbonyl (C=O) groups is 2. The molecular formula is C17H20BrN3O3S. The van der Waals surface area contributed by atoms with E-state index >= 15 is 0 Å². The van der Waals surface area contributed by atoms with E-state index in [-0.39, 0.29) is 17.9 Å². The van der Waals surface area contributed by atoms with Gasteiger partial charge in [-0.05, 0) is 45.4 Å². The first-order valence-electron chi connectivity index (χ1n) is 8.06. The highest BCUT2D eigenvalue weighted by Crippen LogP contribution is 2.29. The molecule has 1 aliphatic rings. The minimum Gasteiger partial charge on any atom is -0.444 e. The number of hydrogen-bond donors (Lipinski definition) is 1. The summed E-state index contributed by atoms with van der Waals surface area (Å²) in [6, 6.07) is 5.83. The number of likely N-dealkylation sites (tertiary alicyclic amines) is 1. The van der Waals surface area contributed by atoms with Crippen LogP contribution in [0.2, 0.25) is 0 Å². The number of thiazole rings is 1. The summed E-state index contributed by atoms with van der Waals surface area (Å²) in [4.78, 5) is 30.6. The zero-order valence-electron chi connectivity index (χ0n) is 14.3. The number of nitrogens with one attached hydrogen (secondary N) is 1. The molecule has 0 saturated carbocycles. The van der Waals surface area contributed by atoms with Crippen molar-refractivity contribution in [1.82, 2.24) is 9.88 Å². The third-order valence-electron chi connectivity index (χ3n) is 3.79. The van der Waals surface area contributed by atoms with E-state index in [0.717, 1.165) is 14.7 Å². The van der Waals surface area contributed by atoms with E-state index in [4.69, 9.17) is 4.74 Å². The summed E-state index contributed by atoms with van der Waals surface area (Å²) in [6.07, 6.45) is 0.259. The lowest BCUT2D eigenvalue weighted by atomic mass is 10.1. The molecule has 2 heterocycles. The van der Waals surface area contributed by atoms with Gasteiger partial charge in [0, 0.05) is 17.6 Å². The largest absolute Gasteiger partial charge is 0.444 e. The molecule has 1 aliphatic heterocycles. The molecule has 1 fully saturated rings. The van der Waals surface area contributed by atoms with Crippen LogP contribution in [0, 0.1) is 5.92 Å². The molecule has 134 valence electrons. The predicted octanol–water partition coefficient (Wildman–Crippen LogP) is 4.25. The smallest absolute Gasteiger partial charge is 0.410 e. The summed E-state index contributed by atoms with van der Waals surface area (Å²) in [7, 11) is 0. The maximum atomic E-state index is 12.5. The zero-order valence-corrected chi connectivity index (χ0v) is 16.7. The fraction of sp³-hybridized carbons (Fsp3) is 0.471. The van der Waals surface area contributed by atoms with E-state index in [2.05, 4.69) is 26.2 Å². The van der Waals surface area contributed by atoms with Gasteiger partial charge in [0.15, 0.2) is 5.13 Å². The molecular weight excluding hydrogens is 406 g/mol. The van der Waals surface area contributed by atoms with Crippen molar-refractivity contribution >= 4 is 54.6 Å². The molecule has 0 unspecified atom stereocenters. The molecule has 1 N–H and O–H groups in total. The Kier molecular flexibility index (Phi) is 5.02. The van der Waals surface area contributed by atoms with Gasteiger partial charge in [0.25, 0.3) is 0 Å². The minimum absolute atomic E-state index is 0.107. The van der Waals surface area contributed by atoms with Crippen molar-refractivity contribution < 1.29 is 14.3 Å². The number of hydrogen-bond acceptors (Lipinski definition) is 5. The van der Waals surface area contributed by atoms with Gasteiger partial charge in [-0.25, -0.2) is 9.78 Å². The Morgan fingerprint density at radius 2 is 2.16 bits per heavy atom. The summed E-state index contributed by atoms with van der Waals surface area (Å²) < 4.78 is 7.32. The van der Waals surface area contributed by atoms with E-state index in [9.17, 15) is 9.59 Å². The molecule has 1 aromatic carbocycles. The number of amides is 2. The maximum absolute atomic E-state index is 12.5. The second kappa shape index (κ2) is 6.92. The Morgan fingerprint density at radius 3 is 2.88 bits per heavy atom. The lowest BCUT2D eigenvalue weighted by Crippen LogP contribution is -2.36. The van der Waals surface area contributed by atoms with Crippen LogP contribution >= 0.6 is 27.3 Å². The van der Waals surface area contributed by atoms with Gasteiger partial charge in [0.1, 0.15) is 5.60 Å². The first-order chi connectivity index (χ1) is 11.7. The lowest BCUT2D eigenvalue weighted by molar-refractivity contribution is -0.119. The number of benzene rings is 1. The van der Waals surface area contributed by atoms with Gasteiger partial charge in [-0.1, -0.05) is 27.3 Å². The second-order valence-electron chi connectivity index (χ2n) is 7.03. The summed E-state index contributed by atoms with van der Waals surface area (Å²) >= 11 is 4.85. The molecule has 1 atom stereocenters. The zero-order chi connectivity index (χ0) is 18.2. The van der Waals surface area contributed by atoms with Crippen molar-refractivity contribution in [2.45, 2.75) is 32.8 Å². The van der Waals surface area contributed by atoms with Crippen molar-refractivity contribution in [2.24, 2.45) is 5.92 Å². The number of rotatable bonds is 2. The predicted molar refractivity (Wildman–Crippen MR) is 102 cm³/mol. The van der Waals surface area contributed by atoms with Crippen molar-refractivity contribution in [3.05, 3.63) is 22.7 Å². The molecule has 3 rings (SSSR count). The summed E-state index contributed by atoms with van der Waals surface area (Å²) in [6.45, 7) is 6.39. The van der Waals surface area contributed by atoms with Crippen LogP contribution in [-0.4, -0.2) is 40.6 Å².